The lowest BCUT2D eigenvalue weighted by Crippen LogP contribution is -2.34. The zero-order valence-electron chi connectivity index (χ0n) is 34.0. The molecule has 3 atom stereocenters. The van der Waals surface area contributed by atoms with Gasteiger partial charge in [0, 0.05) is 55.8 Å². The maximum absolute atomic E-state index is 5.08. The molecule has 4 aliphatic rings. The Morgan fingerprint density at radius 2 is 1.15 bits per heavy atom. The van der Waals surface area contributed by atoms with Gasteiger partial charge >= 0.3 is 0 Å². The molecule has 4 nitrogen and oxygen atoms in total. The van der Waals surface area contributed by atoms with Crippen LogP contribution in [0.5, 0.6) is 0 Å². The lowest BCUT2D eigenvalue weighted by molar-refractivity contribution is 0.510. The van der Waals surface area contributed by atoms with Crippen LogP contribution in [0.4, 0.5) is 0 Å². The van der Waals surface area contributed by atoms with Crippen molar-refractivity contribution in [3.8, 4) is 56.4 Å². The predicted molar refractivity (Wildman–Crippen MR) is 254 cm³/mol. The molecule has 61 heavy (non-hydrogen) atoms. The first-order valence-corrected chi connectivity index (χ1v) is 21.9. The van der Waals surface area contributed by atoms with Crippen LogP contribution in [0.15, 0.2) is 209 Å². The van der Waals surface area contributed by atoms with Crippen molar-refractivity contribution in [1.29, 1.82) is 0 Å². The van der Waals surface area contributed by atoms with Gasteiger partial charge in [-0.1, -0.05) is 183 Å². The minimum absolute atomic E-state index is 0.172. The first-order chi connectivity index (χ1) is 30.0. The third-order valence-corrected chi connectivity index (χ3v) is 13.6. The number of hydrogen-bond acceptors (Lipinski definition) is 5. The van der Waals surface area contributed by atoms with Crippen molar-refractivity contribution in [1.82, 2.24) is 15.0 Å². The third-order valence-electron chi connectivity index (χ3n) is 12.5. The van der Waals surface area contributed by atoms with Crippen molar-refractivity contribution in [3.63, 3.8) is 0 Å². The summed E-state index contributed by atoms with van der Waals surface area (Å²) in [6, 6.07) is 53.9. The molecule has 0 radical (unpaired) electrons. The van der Waals surface area contributed by atoms with E-state index in [0.717, 1.165) is 34.2 Å². The Bertz CT molecular complexity index is 3040. The average molecular weight is 803 g/mol. The van der Waals surface area contributed by atoms with Crippen LogP contribution in [0.3, 0.4) is 0 Å². The van der Waals surface area contributed by atoms with E-state index in [9.17, 15) is 0 Å². The molecule has 0 amide bonds. The van der Waals surface area contributed by atoms with Gasteiger partial charge in [-0.25, -0.2) is 15.0 Å². The topological polar surface area (TPSA) is 51.0 Å². The number of rotatable bonds is 7. The molecule has 0 fully saturated rings. The molecular formula is C56H42N4S. The summed E-state index contributed by atoms with van der Waals surface area (Å²) < 4.78 is 0. The Hall–Kier alpha value is -6.95. The minimum Gasteiger partial charge on any atom is -0.267 e. The van der Waals surface area contributed by atoms with Crippen LogP contribution < -0.4 is 0 Å². The van der Waals surface area contributed by atoms with Crippen molar-refractivity contribution >= 4 is 29.1 Å². The SMILES string of the molecule is CC1C=CC(c2ccc(-c3nc(-c4ccccc4)nc(-c4cccc(-c5cccc(-c6ccc(C7C=CC8=C9C(=CN=CC97C)c7ccccc7S8)cc6)c5)c4)n3)cc2)=CC1. The molecule has 6 aromatic carbocycles. The van der Waals surface area contributed by atoms with Gasteiger partial charge in [0.1, 0.15) is 0 Å². The van der Waals surface area contributed by atoms with E-state index in [1.54, 1.807) is 0 Å². The van der Waals surface area contributed by atoms with E-state index in [-0.39, 0.29) is 11.3 Å². The molecule has 0 bridgehead atoms. The quantitative estimate of drug-likeness (QED) is 0.161. The Morgan fingerprint density at radius 3 is 1.87 bits per heavy atom. The second-order valence-electron chi connectivity index (χ2n) is 16.5. The average Bonchev–Trinajstić information content (AvgIpc) is 3.32. The number of fused-ring (bicyclic) bond motifs is 2. The van der Waals surface area contributed by atoms with Gasteiger partial charge in [0.2, 0.25) is 0 Å². The fraction of sp³-hybridized carbons (Fsp3) is 0.107. The van der Waals surface area contributed by atoms with Gasteiger partial charge in [-0.3, -0.25) is 4.99 Å². The number of benzene rings is 6. The summed E-state index contributed by atoms with van der Waals surface area (Å²) in [4.78, 5) is 22.6. The maximum atomic E-state index is 5.08. The van der Waals surface area contributed by atoms with Gasteiger partial charge in [0.05, 0.1) is 0 Å². The second kappa shape index (κ2) is 15.3. The predicted octanol–water partition coefficient (Wildman–Crippen LogP) is 14.3. The fourth-order valence-corrected chi connectivity index (χ4v) is 10.4. The molecule has 2 aliphatic heterocycles. The normalized spacial score (nSPS) is 19.8. The van der Waals surface area contributed by atoms with Gasteiger partial charge < -0.3 is 0 Å². The van der Waals surface area contributed by atoms with E-state index in [4.69, 9.17) is 19.9 Å². The molecule has 292 valence electrons. The van der Waals surface area contributed by atoms with Crippen molar-refractivity contribution in [3.05, 3.63) is 215 Å². The van der Waals surface area contributed by atoms with Crippen molar-refractivity contribution in [2.45, 2.75) is 31.1 Å². The molecular weight excluding hydrogens is 761 g/mol. The summed E-state index contributed by atoms with van der Waals surface area (Å²) in [5.41, 5.74) is 14.8. The van der Waals surface area contributed by atoms with Crippen LogP contribution in [-0.4, -0.2) is 21.2 Å². The van der Waals surface area contributed by atoms with Gasteiger partial charge in [0.15, 0.2) is 17.5 Å². The third kappa shape index (κ3) is 6.85. The summed E-state index contributed by atoms with van der Waals surface area (Å²) in [7, 11) is 0. The van der Waals surface area contributed by atoms with E-state index in [2.05, 4.69) is 190 Å². The Labute approximate surface area is 361 Å². The number of allylic oxidation sites excluding steroid dienone is 8. The number of aromatic nitrogens is 3. The number of hydrogen-bond donors (Lipinski definition) is 0. The zero-order chi connectivity index (χ0) is 40.9. The van der Waals surface area contributed by atoms with Gasteiger partial charge in [-0.2, -0.15) is 0 Å². The molecule has 11 rings (SSSR count). The molecule has 3 unspecified atom stereocenters. The first kappa shape index (κ1) is 37.1. The molecule has 1 aromatic heterocycles. The Balaban J connectivity index is 0.883. The summed E-state index contributed by atoms with van der Waals surface area (Å²) in [6.07, 6.45) is 16.8. The van der Waals surface area contributed by atoms with Crippen LogP contribution >= 0.6 is 11.8 Å². The fourth-order valence-electron chi connectivity index (χ4n) is 9.13. The smallest absolute Gasteiger partial charge is 0.164 e. The van der Waals surface area contributed by atoms with Gasteiger partial charge in [-0.05, 0) is 87.6 Å². The maximum Gasteiger partial charge on any atom is 0.164 e. The van der Waals surface area contributed by atoms with E-state index in [0.29, 0.717) is 23.4 Å². The lowest BCUT2D eigenvalue weighted by Gasteiger charge is -2.43. The largest absolute Gasteiger partial charge is 0.267 e. The summed E-state index contributed by atoms with van der Waals surface area (Å²) in [5.74, 6) is 2.69. The zero-order valence-corrected chi connectivity index (χ0v) is 34.9. The van der Waals surface area contributed by atoms with E-state index >= 15 is 0 Å². The molecule has 0 N–H and O–H groups in total. The second-order valence-corrected chi connectivity index (χ2v) is 17.6. The molecule has 0 saturated heterocycles. The van der Waals surface area contributed by atoms with Crippen molar-refractivity contribution in [2.75, 3.05) is 0 Å². The molecule has 5 heteroatoms. The Morgan fingerprint density at radius 1 is 0.557 bits per heavy atom. The van der Waals surface area contributed by atoms with Crippen LogP contribution in [0.25, 0.3) is 67.6 Å². The van der Waals surface area contributed by atoms with E-state index < -0.39 is 0 Å². The number of thioether (sulfide) groups is 1. The molecule has 3 heterocycles. The summed E-state index contributed by atoms with van der Waals surface area (Å²) in [6.45, 7) is 4.59. The number of aliphatic imine (C=N–C) groups is 1. The highest BCUT2D eigenvalue weighted by molar-refractivity contribution is 8.03. The highest BCUT2D eigenvalue weighted by atomic mass is 32.2. The molecule has 0 spiro atoms. The highest BCUT2D eigenvalue weighted by Crippen LogP contribution is 2.58. The monoisotopic (exact) mass is 802 g/mol. The minimum atomic E-state index is -0.240. The van der Waals surface area contributed by atoms with Crippen molar-refractivity contribution in [2.24, 2.45) is 16.3 Å². The van der Waals surface area contributed by atoms with Crippen molar-refractivity contribution < 1.29 is 0 Å². The standard InChI is InChI=1S/C56H42N4S/c1-36-18-20-37(21-19-36)38-24-28-42(29-25-38)54-58-53(41-10-4-3-5-11-41)59-55(60-54)46-15-9-14-45(33-46)44-13-8-12-43(32-44)39-22-26-40(27-23-39)49-30-31-51-52-48(34-57-35-56(49,52)2)47-16-6-7-17-50(47)61-51/h3-18,20-36,49H,19H2,1-2H3. The first-order valence-electron chi connectivity index (χ1n) is 21.0. The summed E-state index contributed by atoms with van der Waals surface area (Å²) >= 11 is 1.87. The van der Waals surface area contributed by atoms with Crippen LogP contribution in [0.2, 0.25) is 0 Å². The summed E-state index contributed by atoms with van der Waals surface area (Å²) in [5, 5.41) is 0. The number of nitrogens with zero attached hydrogens (tertiary/aromatic N) is 4. The molecule has 2 aliphatic carbocycles. The van der Waals surface area contributed by atoms with Crippen LogP contribution in [0.1, 0.15) is 42.9 Å². The van der Waals surface area contributed by atoms with E-state index in [1.807, 2.05) is 30.0 Å². The van der Waals surface area contributed by atoms with E-state index in [1.165, 1.54) is 54.3 Å². The highest BCUT2D eigenvalue weighted by Gasteiger charge is 2.44. The van der Waals surface area contributed by atoms with Crippen LogP contribution in [0, 0.1) is 11.3 Å². The Kier molecular flexibility index (Phi) is 9.28. The van der Waals surface area contributed by atoms with Gasteiger partial charge in [0.25, 0.3) is 0 Å². The lowest BCUT2D eigenvalue weighted by atomic mass is 9.63. The van der Waals surface area contributed by atoms with Gasteiger partial charge in [-0.15, -0.1) is 0 Å². The molecule has 7 aromatic rings. The molecule has 0 saturated carbocycles. The van der Waals surface area contributed by atoms with Crippen LogP contribution in [-0.2, 0) is 0 Å².